The number of sulfonamides is 1. The van der Waals surface area contributed by atoms with Crippen molar-refractivity contribution in [1.29, 1.82) is 0 Å². The summed E-state index contributed by atoms with van der Waals surface area (Å²) in [6.45, 7) is 3.69. The van der Waals surface area contributed by atoms with Crippen LogP contribution in [-0.4, -0.2) is 58.5 Å². The topological polar surface area (TPSA) is 105 Å². The molecule has 0 fully saturated rings. The standard InChI is InChI=1S/C29H34BrN3O6S/c1-5-27(29(35)31-3)32(19-21-7-13-24(38-4)14-8-21)28(34)20-33(23-11-15-25(16-12-23)39-6-2)40(36,37)26-17-9-22(30)10-18-26/h7-18,27H,5-6,19-20H2,1-4H3,(H,31,35)/t27-/m1/s1. The van der Waals surface area contributed by atoms with Gasteiger partial charge in [-0.1, -0.05) is 35.0 Å². The van der Waals surface area contributed by atoms with Crippen molar-refractivity contribution in [2.75, 3.05) is 31.6 Å². The van der Waals surface area contributed by atoms with E-state index < -0.39 is 28.5 Å². The summed E-state index contributed by atoms with van der Waals surface area (Å²) in [5.41, 5.74) is 1.05. The third-order valence-electron chi connectivity index (χ3n) is 6.26. The minimum atomic E-state index is -4.16. The molecule has 0 aliphatic carbocycles. The third kappa shape index (κ3) is 7.54. The van der Waals surface area contributed by atoms with Crippen molar-refractivity contribution in [3.63, 3.8) is 0 Å². The molecule has 214 valence electrons. The second kappa shape index (κ2) is 14.2. The highest BCUT2D eigenvalue weighted by Crippen LogP contribution is 2.28. The number of anilines is 1. The van der Waals surface area contributed by atoms with E-state index in [9.17, 15) is 18.0 Å². The first-order chi connectivity index (χ1) is 19.1. The number of halogens is 1. The van der Waals surface area contributed by atoms with E-state index in [2.05, 4.69) is 21.2 Å². The van der Waals surface area contributed by atoms with E-state index in [-0.39, 0.29) is 23.0 Å². The van der Waals surface area contributed by atoms with Crippen LogP contribution in [0.1, 0.15) is 25.8 Å². The fraction of sp³-hybridized carbons (Fsp3) is 0.310. The van der Waals surface area contributed by atoms with Gasteiger partial charge in [0.25, 0.3) is 10.0 Å². The number of carbonyl (C=O) groups excluding carboxylic acids is 2. The average Bonchev–Trinajstić information content (AvgIpc) is 2.96. The molecule has 40 heavy (non-hydrogen) atoms. The lowest BCUT2D eigenvalue weighted by atomic mass is 10.1. The fourth-order valence-corrected chi connectivity index (χ4v) is 5.83. The molecule has 0 radical (unpaired) electrons. The maximum atomic E-state index is 14.0. The molecule has 1 atom stereocenters. The first-order valence-electron chi connectivity index (χ1n) is 12.8. The van der Waals surface area contributed by atoms with Gasteiger partial charge in [-0.25, -0.2) is 8.42 Å². The normalized spacial score (nSPS) is 11.8. The van der Waals surface area contributed by atoms with Crippen molar-refractivity contribution in [1.82, 2.24) is 10.2 Å². The molecule has 0 saturated carbocycles. The Labute approximate surface area is 244 Å². The Morgan fingerprint density at radius 3 is 2.05 bits per heavy atom. The lowest BCUT2D eigenvalue weighted by molar-refractivity contribution is -0.140. The number of benzene rings is 3. The summed E-state index contributed by atoms with van der Waals surface area (Å²) in [6, 6.07) is 19.0. The second-order valence-electron chi connectivity index (χ2n) is 8.80. The highest BCUT2D eigenvalue weighted by molar-refractivity contribution is 9.10. The van der Waals surface area contributed by atoms with E-state index in [4.69, 9.17) is 9.47 Å². The molecule has 0 unspecified atom stereocenters. The van der Waals surface area contributed by atoms with Crippen molar-refractivity contribution < 1.29 is 27.5 Å². The molecule has 2 amide bonds. The number of hydrogen-bond donors (Lipinski definition) is 1. The Kier molecular flexibility index (Phi) is 11.0. The number of ether oxygens (including phenoxy) is 2. The van der Waals surface area contributed by atoms with Crippen molar-refractivity contribution >= 4 is 43.5 Å². The van der Waals surface area contributed by atoms with E-state index in [1.807, 2.05) is 6.92 Å². The van der Waals surface area contributed by atoms with Gasteiger partial charge in [-0.05, 0) is 79.6 Å². The Morgan fingerprint density at radius 2 is 1.52 bits per heavy atom. The maximum absolute atomic E-state index is 14.0. The van der Waals surface area contributed by atoms with E-state index in [1.165, 1.54) is 24.1 Å². The zero-order valence-corrected chi connectivity index (χ0v) is 25.4. The molecule has 0 aliphatic heterocycles. The Morgan fingerprint density at radius 1 is 0.925 bits per heavy atom. The summed E-state index contributed by atoms with van der Waals surface area (Å²) in [5, 5.41) is 2.62. The molecular formula is C29H34BrN3O6S. The predicted octanol–water partition coefficient (Wildman–Crippen LogP) is 4.61. The minimum Gasteiger partial charge on any atom is -0.497 e. The Hall–Kier alpha value is -3.57. The molecule has 0 spiro atoms. The van der Waals surface area contributed by atoms with Gasteiger partial charge in [0.15, 0.2) is 0 Å². The fourth-order valence-electron chi connectivity index (χ4n) is 4.15. The summed E-state index contributed by atoms with van der Waals surface area (Å²) in [5.74, 6) is 0.362. The summed E-state index contributed by atoms with van der Waals surface area (Å²) in [6.07, 6.45) is 0.337. The first kappa shape index (κ1) is 31.0. The highest BCUT2D eigenvalue weighted by Gasteiger charge is 2.33. The first-order valence-corrected chi connectivity index (χ1v) is 15.0. The van der Waals surface area contributed by atoms with Crippen LogP contribution in [0.15, 0.2) is 82.2 Å². The highest BCUT2D eigenvalue weighted by atomic mass is 79.9. The predicted molar refractivity (Wildman–Crippen MR) is 158 cm³/mol. The quantitative estimate of drug-likeness (QED) is 0.295. The Bertz CT molecular complexity index is 1380. The number of hydrogen-bond acceptors (Lipinski definition) is 6. The van der Waals surface area contributed by atoms with Gasteiger partial charge in [0, 0.05) is 18.1 Å². The van der Waals surface area contributed by atoms with Crippen LogP contribution in [0.4, 0.5) is 5.69 Å². The number of nitrogens with one attached hydrogen (secondary N) is 1. The minimum absolute atomic E-state index is 0.0254. The van der Waals surface area contributed by atoms with Gasteiger partial charge in [0.05, 0.1) is 24.3 Å². The van der Waals surface area contributed by atoms with Crippen LogP contribution in [0, 0.1) is 0 Å². The summed E-state index contributed by atoms with van der Waals surface area (Å²) in [7, 11) is -1.09. The average molecular weight is 633 g/mol. The van der Waals surface area contributed by atoms with E-state index in [1.54, 1.807) is 74.7 Å². The zero-order valence-electron chi connectivity index (χ0n) is 23.0. The van der Waals surface area contributed by atoms with Crippen LogP contribution in [0.25, 0.3) is 0 Å². The number of likely N-dealkylation sites (N-methyl/N-ethyl adjacent to an activating group) is 1. The molecule has 3 aromatic carbocycles. The number of methoxy groups -OCH3 is 1. The van der Waals surface area contributed by atoms with Crippen LogP contribution in [0.5, 0.6) is 11.5 Å². The van der Waals surface area contributed by atoms with Crippen molar-refractivity contribution in [3.8, 4) is 11.5 Å². The number of carbonyl (C=O) groups is 2. The van der Waals surface area contributed by atoms with Crippen LogP contribution in [0.2, 0.25) is 0 Å². The molecule has 3 aromatic rings. The molecular weight excluding hydrogens is 598 g/mol. The zero-order chi connectivity index (χ0) is 29.3. The smallest absolute Gasteiger partial charge is 0.264 e. The summed E-state index contributed by atoms with van der Waals surface area (Å²) >= 11 is 3.33. The molecule has 0 aromatic heterocycles. The molecule has 1 N–H and O–H groups in total. The van der Waals surface area contributed by atoms with E-state index >= 15 is 0 Å². The molecule has 0 aliphatic rings. The number of nitrogens with zero attached hydrogens (tertiary/aromatic N) is 2. The molecule has 11 heteroatoms. The van der Waals surface area contributed by atoms with Crippen LogP contribution < -0.4 is 19.1 Å². The summed E-state index contributed by atoms with van der Waals surface area (Å²) < 4.78 is 40.3. The number of rotatable bonds is 13. The van der Waals surface area contributed by atoms with Crippen LogP contribution in [0.3, 0.4) is 0 Å². The SMILES string of the molecule is CCOc1ccc(N(CC(=O)N(Cc2ccc(OC)cc2)[C@H](CC)C(=O)NC)S(=O)(=O)c2ccc(Br)cc2)cc1. The van der Waals surface area contributed by atoms with Gasteiger partial charge in [0.2, 0.25) is 11.8 Å². The largest absolute Gasteiger partial charge is 0.497 e. The van der Waals surface area contributed by atoms with Gasteiger partial charge in [-0.15, -0.1) is 0 Å². The van der Waals surface area contributed by atoms with E-state index in [0.29, 0.717) is 24.5 Å². The molecule has 9 nitrogen and oxygen atoms in total. The molecule has 0 bridgehead atoms. The summed E-state index contributed by atoms with van der Waals surface area (Å²) in [4.78, 5) is 28.2. The second-order valence-corrected chi connectivity index (χ2v) is 11.6. The number of amides is 2. The lowest BCUT2D eigenvalue weighted by Crippen LogP contribution is -2.51. The van der Waals surface area contributed by atoms with Gasteiger partial charge >= 0.3 is 0 Å². The van der Waals surface area contributed by atoms with Crippen LogP contribution >= 0.6 is 15.9 Å². The molecule has 0 saturated heterocycles. The van der Waals surface area contributed by atoms with Gasteiger partial charge < -0.3 is 19.7 Å². The van der Waals surface area contributed by atoms with Crippen molar-refractivity contribution in [2.24, 2.45) is 0 Å². The van der Waals surface area contributed by atoms with Crippen molar-refractivity contribution in [3.05, 3.63) is 82.8 Å². The lowest BCUT2D eigenvalue weighted by Gasteiger charge is -2.33. The molecule has 0 heterocycles. The maximum Gasteiger partial charge on any atom is 0.264 e. The third-order valence-corrected chi connectivity index (χ3v) is 8.58. The monoisotopic (exact) mass is 631 g/mol. The van der Waals surface area contributed by atoms with Crippen molar-refractivity contribution in [2.45, 2.75) is 37.8 Å². The Balaban J connectivity index is 2.04. The van der Waals surface area contributed by atoms with Gasteiger partial charge in [0.1, 0.15) is 24.1 Å². The van der Waals surface area contributed by atoms with Gasteiger partial charge in [-0.2, -0.15) is 0 Å². The van der Waals surface area contributed by atoms with Crippen LogP contribution in [-0.2, 0) is 26.2 Å². The van der Waals surface area contributed by atoms with Gasteiger partial charge in [-0.3, -0.25) is 13.9 Å². The molecule has 3 rings (SSSR count). The van der Waals surface area contributed by atoms with E-state index in [0.717, 1.165) is 14.3 Å².